The third kappa shape index (κ3) is 14.8. The second-order valence-corrected chi connectivity index (χ2v) is 18.9. The summed E-state index contributed by atoms with van der Waals surface area (Å²) in [6.45, 7) is 10.2. The Balaban J connectivity index is 1.84. The van der Waals surface area contributed by atoms with E-state index < -0.39 is 128 Å². The molecule has 1 aromatic carbocycles. The average Bonchev–Trinajstić information content (AvgIpc) is 3.96. The van der Waals surface area contributed by atoms with Crippen molar-refractivity contribution in [2.45, 2.75) is 126 Å². The van der Waals surface area contributed by atoms with Gasteiger partial charge in [0, 0.05) is 54.5 Å². The van der Waals surface area contributed by atoms with E-state index >= 15 is 0 Å². The first kappa shape index (κ1) is 54.3. The predicted octanol–water partition coefficient (Wildman–Crippen LogP) is -3.66. The third-order valence-electron chi connectivity index (χ3n) is 12.5. The van der Waals surface area contributed by atoms with Gasteiger partial charge in [-0.1, -0.05) is 39.8 Å². The third-order valence-corrected chi connectivity index (χ3v) is 13.8. The lowest BCUT2D eigenvalue weighted by atomic mass is 9.88. The highest BCUT2D eigenvalue weighted by atomic mass is 32.2. The highest BCUT2D eigenvalue weighted by Crippen LogP contribution is 2.36. The van der Waals surface area contributed by atoms with Crippen LogP contribution in [-0.4, -0.2) is 166 Å². The van der Waals surface area contributed by atoms with Crippen molar-refractivity contribution in [3.05, 3.63) is 35.4 Å². The number of nitrogens with two attached hydrogens (primary N) is 2. The molecule has 0 bridgehead atoms. The van der Waals surface area contributed by atoms with Crippen LogP contribution in [0, 0.1) is 11.8 Å². The standard InChI is InChI=1S/C44H68N10O12S/c1-6-21(2)38(52-36(60)15-45)42(64)48-17-37(61)50-30-13-28-27(7-8-33(57)29(28)20-67-26-9-10-47-16-26)22(3)11-23(4)49-43(65)39(24(5)34(58)19-55)53-41(63)32-12-25(56)18-54(32)44(66)31(14-35(46)59)51-40(30)62/h7-8,21,23-26,30-32,34,38-39,47,55-58H,3,6,9-20,45H2,1-2,4-5H3,(H2,46,59)(H,48,64)(H,49,65)(H,50,61)(H,51,62)(H,52,60)(H,53,63)/t21-,23+,24-,25?,26?,30-,31?,32-,34?,38?,39-/m0/s1. The average molecular weight is 961 g/mol. The first-order valence-electron chi connectivity index (χ1n) is 22.6. The van der Waals surface area contributed by atoms with Gasteiger partial charge >= 0.3 is 0 Å². The molecule has 4 rings (SSSR count). The molecule has 0 spiro atoms. The van der Waals surface area contributed by atoms with E-state index in [1.807, 2.05) is 6.92 Å². The van der Waals surface area contributed by atoms with Gasteiger partial charge in [0.15, 0.2) is 0 Å². The number of phenolic OH excluding ortho intramolecular Hbond substituents is 1. The molecule has 8 amide bonds. The fourth-order valence-electron chi connectivity index (χ4n) is 8.36. The Morgan fingerprint density at radius 3 is 2.37 bits per heavy atom. The van der Waals surface area contributed by atoms with Crippen LogP contribution < -0.4 is 48.7 Å². The van der Waals surface area contributed by atoms with E-state index in [4.69, 9.17) is 11.5 Å². The van der Waals surface area contributed by atoms with E-state index in [1.54, 1.807) is 31.7 Å². The van der Waals surface area contributed by atoms with E-state index in [2.05, 4.69) is 43.8 Å². The van der Waals surface area contributed by atoms with Gasteiger partial charge in [-0.25, -0.2) is 0 Å². The molecule has 3 heterocycles. The van der Waals surface area contributed by atoms with Crippen molar-refractivity contribution in [2.24, 2.45) is 23.3 Å². The molecule has 15 N–H and O–H groups in total. The lowest BCUT2D eigenvalue weighted by Crippen LogP contribution is -2.60. The molecule has 0 radical (unpaired) electrons. The summed E-state index contributed by atoms with van der Waals surface area (Å²) in [7, 11) is 0. The molecule has 2 fully saturated rings. The lowest BCUT2D eigenvalue weighted by Gasteiger charge is -2.33. The quantitative estimate of drug-likeness (QED) is 0.0760. The predicted molar refractivity (Wildman–Crippen MR) is 247 cm³/mol. The summed E-state index contributed by atoms with van der Waals surface area (Å²) in [5, 5.41) is 61.7. The Hall–Kier alpha value is -5.33. The summed E-state index contributed by atoms with van der Waals surface area (Å²) in [5.41, 5.74) is 12.7. The summed E-state index contributed by atoms with van der Waals surface area (Å²) in [6, 6.07) is -4.95. The second-order valence-electron chi connectivity index (χ2n) is 17.6. The number of carbonyl (C=O) groups excluding carboxylic acids is 8. The summed E-state index contributed by atoms with van der Waals surface area (Å²) >= 11 is 1.56. The van der Waals surface area contributed by atoms with Crippen LogP contribution in [0.5, 0.6) is 5.75 Å². The van der Waals surface area contributed by atoms with Gasteiger partial charge in [0.25, 0.3) is 0 Å². The molecule has 372 valence electrons. The number of hydrogen-bond acceptors (Lipinski definition) is 15. The van der Waals surface area contributed by atoms with Gasteiger partial charge < -0.3 is 74.0 Å². The van der Waals surface area contributed by atoms with E-state index in [9.17, 15) is 58.8 Å². The zero-order chi connectivity index (χ0) is 49.7. The number of aliphatic hydroxyl groups is 3. The number of aromatic hydroxyl groups is 1. The topological polar surface area (TPSA) is 357 Å². The summed E-state index contributed by atoms with van der Waals surface area (Å²) in [4.78, 5) is 110. The van der Waals surface area contributed by atoms with Crippen molar-refractivity contribution >= 4 is 64.6 Å². The Morgan fingerprint density at radius 1 is 1.03 bits per heavy atom. The highest BCUT2D eigenvalue weighted by Gasteiger charge is 2.44. The number of primary amides is 1. The Bertz CT molecular complexity index is 2000. The molecule has 5 unspecified atom stereocenters. The maximum atomic E-state index is 14.7. The number of carbonyl (C=O) groups is 8. The van der Waals surface area contributed by atoms with Crippen molar-refractivity contribution in [2.75, 3.05) is 39.3 Å². The number of amides is 8. The van der Waals surface area contributed by atoms with Gasteiger partial charge in [0.05, 0.1) is 38.3 Å². The molecule has 0 aliphatic carbocycles. The van der Waals surface area contributed by atoms with E-state index in [0.717, 1.165) is 17.9 Å². The number of rotatable bonds is 16. The number of benzene rings is 1. The molecule has 23 heteroatoms. The number of nitrogens with zero attached hydrogens (tertiary/aromatic N) is 1. The number of fused-ring (bicyclic) bond motifs is 2. The smallest absolute Gasteiger partial charge is 0.246 e. The number of hydrogen-bond donors (Lipinski definition) is 13. The minimum atomic E-state index is -1.76. The fourth-order valence-corrected chi connectivity index (χ4v) is 9.61. The monoisotopic (exact) mass is 960 g/mol. The molecular weight excluding hydrogens is 893 g/mol. The minimum Gasteiger partial charge on any atom is -0.508 e. The molecule has 0 saturated carbocycles. The highest BCUT2D eigenvalue weighted by molar-refractivity contribution is 7.99. The molecule has 11 atom stereocenters. The Morgan fingerprint density at radius 2 is 1.75 bits per heavy atom. The van der Waals surface area contributed by atoms with E-state index in [-0.39, 0.29) is 48.5 Å². The normalized spacial score (nSPS) is 26.0. The van der Waals surface area contributed by atoms with Gasteiger partial charge in [-0.3, -0.25) is 38.4 Å². The fraction of sp³-hybridized carbons (Fsp3) is 0.636. The van der Waals surface area contributed by atoms with Crippen molar-refractivity contribution in [1.82, 2.24) is 42.1 Å². The first-order valence-corrected chi connectivity index (χ1v) is 23.6. The summed E-state index contributed by atoms with van der Waals surface area (Å²) in [5.74, 6) is -8.17. The number of nitrogens with one attached hydrogen (secondary N) is 7. The van der Waals surface area contributed by atoms with Crippen LogP contribution in [0.3, 0.4) is 0 Å². The number of thioether (sulfide) groups is 1. The van der Waals surface area contributed by atoms with Gasteiger partial charge in [-0.05, 0) is 55.0 Å². The Labute approximate surface area is 393 Å². The summed E-state index contributed by atoms with van der Waals surface area (Å²) < 4.78 is 0. The number of aliphatic hydroxyl groups excluding tert-OH is 3. The molecule has 3 aliphatic heterocycles. The maximum absolute atomic E-state index is 14.7. The molecule has 3 aliphatic rings. The van der Waals surface area contributed by atoms with Crippen LogP contribution in [0.25, 0.3) is 5.57 Å². The first-order chi connectivity index (χ1) is 31.7. The van der Waals surface area contributed by atoms with Gasteiger partial charge in [-0.2, -0.15) is 11.8 Å². The van der Waals surface area contributed by atoms with Crippen LogP contribution in [0.4, 0.5) is 0 Å². The Kier molecular flexibility index (Phi) is 20.4. The molecule has 1 aromatic rings. The van der Waals surface area contributed by atoms with Gasteiger partial charge in [0.2, 0.25) is 47.3 Å². The number of phenols is 1. The van der Waals surface area contributed by atoms with Crippen LogP contribution in [0.2, 0.25) is 0 Å². The molecule has 2 saturated heterocycles. The largest absolute Gasteiger partial charge is 0.508 e. The van der Waals surface area contributed by atoms with Gasteiger partial charge in [0.1, 0.15) is 36.0 Å². The van der Waals surface area contributed by atoms with Crippen molar-refractivity contribution in [3.63, 3.8) is 0 Å². The van der Waals surface area contributed by atoms with Crippen molar-refractivity contribution in [1.29, 1.82) is 0 Å². The van der Waals surface area contributed by atoms with Crippen molar-refractivity contribution < 1.29 is 58.8 Å². The van der Waals surface area contributed by atoms with Gasteiger partial charge in [-0.15, -0.1) is 0 Å². The summed E-state index contributed by atoms with van der Waals surface area (Å²) in [6.07, 6.45) is -2.76. The minimum absolute atomic E-state index is 0.0747. The van der Waals surface area contributed by atoms with E-state index in [1.165, 1.54) is 13.0 Å². The van der Waals surface area contributed by atoms with Crippen molar-refractivity contribution in [3.8, 4) is 5.75 Å². The van der Waals surface area contributed by atoms with Crippen LogP contribution in [0.15, 0.2) is 18.7 Å². The lowest BCUT2D eigenvalue weighted by molar-refractivity contribution is -0.144. The molecular formula is C44H68N10O12S. The molecule has 0 aromatic heterocycles. The van der Waals surface area contributed by atoms with E-state index in [0.29, 0.717) is 35.2 Å². The second kappa shape index (κ2) is 25.2. The van der Waals surface area contributed by atoms with Crippen LogP contribution >= 0.6 is 11.8 Å². The zero-order valence-corrected chi connectivity index (χ0v) is 39.3. The molecule has 67 heavy (non-hydrogen) atoms. The van der Waals surface area contributed by atoms with Crippen LogP contribution in [0.1, 0.15) is 76.5 Å². The SMILES string of the molecule is C=C1C[C@@H](C)NC(=O)[C@H]([C@@H](C)C(O)CO)NC(=O)[C@@H]2CC(O)CN2C(=O)C(CC(N)=O)NC(=O)[C@@H](NC(=O)CNC(=O)C(NC(=O)CN)[C@@H](C)CC)Cc2c1ccc(O)c2CSC1CCNC1. The maximum Gasteiger partial charge on any atom is 0.246 e. The molecule has 22 nitrogen and oxygen atoms in total. The van der Waals surface area contributed by atoms with Crippen LogP contribution in [-0.2, 0) is 50.5 Å². The zero-order valence-electron chi connectivity index (χ0n) is 38.5.